The minimum absolute atomic E-state index is 0.0147. The second-order valence-electron chi connectivity index (χ2n) is 9.93. The molecule has 6 nitrogen and oxygen atoms in total. The van der Waals surface area contributed by atoms with Gasteiger partial charge in [0.2, 0.25) is 0 Å². The third-order valence-electron chi connectivity index (χ3n) is 5.08. The second-order valence-corrected chi connectivity index (χ2v) is 14.7. The van der Waals surface area contributed by atoms with Crippen LogP contribution in [0.15, 0.2) is 0 Å². The predicted octanol–water partition coefficient (Wildman–Crippen LogP) is 4.11. The third-order valence-corrected chi connectivity index (χ3v) is 9.61. The van der Waals surface area contributed by atoms with Crippen LogP contribution in [0.25, 0.3) is 0 Å². The highest BCUT2D eigenvalue weighted by atomic mass is 28.4. The van der Waals surface area contributed by atoms with E-state index in [2.05, 4.69) is 33.9 Å². The molecule has 0 aromatic rings. The molecule has 0 radical (unpaired) electrons. The van der Waals surface area contributed by atoms with Gasteiger partial charge in [0.1, 0.15) is 5.60 Å². The first kappa shape index (κ1) is 22.0. The number of hydrogen-bond acceptors (Lipinski definition) is 4. The Morgan fingerprint density at radius 2 is 1.68 bits per heavy atom. The van der Waals surface area contributed by atoms with Gasteiger partial charge in [-0.05, 0) is 52.2 Å². The van der Waals surface area contributed by atoms with Crippen LogP contribution in [-0.4, -0.2) is 55.2 Å². The normalized spacial score (nSPS) is 25.6. The van der Waals surface area contributed by atoms with Crippen molar-refractivity contribution >= 4 is 20.4 Å². The summed E-state index contributed by atoms with van der Waals surface area (Å²) in [5.74, 6) is -0.912. The minimum atomic E-state index is -2.07. The molecule has 2 unspecified atom stereocenters. The molecule has 1 heterocycles. The lowest BCUT2D eigenvalue weighted by atomic mass is 9.81. The van der Waals surface area contributed by atoms with Crippen molar-refractivity contribution in [3.05, 3.63) is 0 Å². The summed E-state index contributed by atoms with van der Waals surface area (Å²) in [6.45, 7) is 18.3. The summed E-state index contributed by atoms with van der Waals surface area (Å²) in [4.78, 5) is 25.8. The molecule has 0 aliphatic carbocycles. The van der Waals surface area contributed by atoms with Crippen LogP contribution in [0.5, 0.6) is 0 Å². The maximum atomic E-state index is 12.5. The van der Waals surface area contributed by atoms with Gasteiger partial charge in [-0.25, -0.2) is 4.79 Å². The highest BCUT2D eigenvalue weighted by molar-refractivity contribution is 6.74. The van der Waals surface area contributed by atoms with Crippen molar-refractivity contribution in [1.29, 1.82) is 0 Å². The van der Waals surface area contributed by atoms with Crippen LogP contribution < -0.4 is 0 Å². The van der Waals surface area contributed by atoms with E-state index in [9.17, 15) is 14.7 Å². The molecule has 1 rings (SSSR count). The Kier molecular flexibility index (Phi) is 6.07. The standard InChI is InChI=1S/C18H35NO5Si/c1-16(2,3)23-15(22)19-11-13(10-18(7,12-19)14(20)21)24-25(8,9)17(4,5)6/h13H,10-12H2,1-9H3,(H,20,21). The summed E-state index contributed by atoms with van der Waals surface area (Å²) in [6.07, 6.45) is -0.388. The maximum absolute atomic E-state index is 12.5. The fourth-order valence-electron chi connectivity index (χ4n) is 2.66. The number of likely N-dealkylation sites (tertiary alicyclic amines) is 1. The Labute approximate surface area is 153 Å². The van der Waals surface area contributed by atoms with Crippen molar-refractivity contribution in [2.24, 2.45) is 5.41 Å². The number of piperidine rings is 1. The van der Waals surface area contributed by atoms with Crippen LogP contribution in [0.1, 0.15) is 54.9 Å². The lowest BCUT2D eigenvalue weighted by Crippen LogP contribution is -2.57. The van der Waals surface area contributed by atoms with Crippen LogP contribution >= 0.6 is 0 Å². The van der Waals surface area contributed by atoms with Crippen LogP contribution in [0.4, 0.5) is 4.79 Å². The van der Waals surface area contributed by atoms with Gasteiger partial charge < -0.3 is 19.2 Å². The number of carboxylic acid groups (broad SMARTS) is 1. The van der Waals surface area contributed by atoms with Crippen molar-refractivity contribution in [1.82, 2.24) is 4.90 Å². The fourth-order valence-corrected chi connectivity index (χ4v) is 4.00. The highest BCUT2D eigenvalue weighted by Crippen LogP contribution is 2.40. The summed E-state index contributed by atoms with van der Waals surface area (Å²) in [6, 6.07) is 0. The van der Waals surface area contributed by atoms with Gasteiger partial charge in [0, 0.05) is 13.1 Å². The SMILES string of the molecule is CC(C)(C)OC(=O)N1CC(O[Si](C)(C)C(C)(C)C)CC(C)(C(=O)O)C1. The molecular formula is C18H35NO5Si. The van der Waals surface area contributed by atoms with Gasteiger partial charge in [0.25, 0.3) is 0 Å². The Hall–Kier alpha value is -1.08. The summed E-state index contributed by atoms with van der Waals surface area (Å²) in [5.41, 5.74) is -1.66. The van der Waals surface area contributed by atoms with Gasteiger partial charge in [0.05, 0.1) is 11.5 Å². The van der Waals surface area contributed by atoms with Crippen LogP contribution in [-0.2, 0) is 14.0 Å². The molecule has 0 aromatic carbocycles. The molecule has 1 aliphatic heterocycles. The lowest BCUT2D eigenvalue weighted by molar-refractivity contribution is -0.153. The number of aliphatic carboxylic acids is 1. The van der Waals surface area contributed by atoms with Crippen molar-refractivity contribution < 1.29 is 23.9 Å². The zero-order valence-electron chi connectivity index (χ0n) is 17.2. The number of rotatable bonds is 3. The van der Waals surface area contributed by atoms with Gasteiger partial charge >= 0.3 is 12.1 Å². The highest BCUT2D eigenvalue weighted by Gasteiger charge is 2.48. The molecule has 0 bridgehead atoms. The molecule has 1 amide bonds. The predicted molar refractivity (Wildman–Crippen MR) is 100 cm³/mol. The fraction of sp³-hybridized carbons (Fsp3) is 0.889. The minimum Gasteiger partial charge on any atom is -0.481 e. The molecule has 2 atom stereocenters. The summed E-state index contributed by atoms with van der Waals surface area (Å²) < 4.78 is 11.9. The first-order valence-electron chi connectivity index (χ1n) is 8.86. The van der Waals surface area contributed by atoms with Crippen molar-refractivity contribution in [3.63, 3.8) is 0 Å². The molecule has 0 saturated carbocycles. The van der Waals surface area contributed by atoms with Crippen LogP contribution in [0, 0.1) is 5.41 Å². The molecule has 1 fully saturated rings. The van der Waals surface area contributed by atoms with Crippen LogP contribution in [0.3, 0.4) is 0 Å². The quantitative estimate of drug-likeness (QED) is 0.754. The average molecular weight is 374 g/mol. The zero-order chi connectivity index (χ0) is 19.8. The van der Waals surface area contributed by atoms with E-state index in [1.807, 2.05) is 0 Å². The topological polar surface area (TPSA) is 76.1 Å². The summed E-state index contributed by atoms with van der Waals surface area (Å²) in [7, 11) is -2.07. The molecule has 146 valence electrons. The Morgan fingerprint density at radius 3 is 2.08 bits per heavy atom. The van der Waals surface area contributed by atoms with E-state index >= 15 is 0 Å². The first-order valence-corrected chi connectivity index (χ1v) is 11.8. The monoisotopic (exact) mass is 373 g/mol. The van der Waals surface area contributed by atoms with E-state index in [1.165, 1.54) is 4.90 Å². The van der Waals surface area contributed by atoms with Gasteiger partial charge in [-0.3, -0.25) is 4.79 Å². The number of nitrogens with zero attached hydrogens (tertiary/aromatic N) is 1. The van der Waals surface area contributed by atoms with Crippen LogP contribution in [0.2, 0.25) is 18.1 Å². The van der Waals surface area contributed by atoms with E-state index in [0.29, 0.717) is 13.0 Å². The van der Waals surface area contributed by atoms with Gasteiger partial charge in [-0.1, -0.05) is 20.8 Å². The Balaban J connectivity index is 3.03. The zero-order valence-corrected chi connectivity index (χ0v) is 18.2. The number of carboxylic acids is 1. The molecule has 1 N–H and O–H groups in total. The van der Waals surface area contributed by atoms with E-state index in [-0.39, 0.29) is 17.7 Å². The van der Waals surface area contributed by atoms with E-state index in [0.717, 1.165) is 0 Å². The van der Waals surface area contributed by atoms with Crippen molar-refractivity contribution in [3.8, 4) is 0 Å². The first-order chi connectivity index (χ1) is 11.0. The molecule has 25 heavy (non-hydrogen) atoms. The van der Waals surface area contributed by atoms with E-state index < -0.39 is 31.4 Å². The number of ether oxygens (including phenoxy) is 1. The smallest absolute Gasteiger partial charge is 0.410 e. The average Bonchev–Trinajstić information content (AvgIpc) is 2.33. The molecule has 1 saturated heterocycles. The van der Waals surface area contributed by atoms with Gasteiger partial charge in [-0.15, -0.1) is 0 Å². The van der Waals surface area contributed by atoms with E-state index in [1.54, 1.807) is 27.7 Å². The van der Waals surface area contributed by atoms with Crippen molar-refractivity contribution in [2.75, 3.05) is 13.1 Å². The Morgan fingerprint density at radius 1 is 1.16 bits per heavy atom. The molecule has 0 aromatic heterocycles. The summed E-state index contributed by atoms with van der Waals surface area (Å²) >= 11 is 0. The second kappa shape index (κ2) is 6.91. The lowest BCUT2D eigenvalue weighted by Gasteiger charge is -2.46. The summed E-state index contributed by atoms with van der Waals surface area (Å²) in [5, 5.41) is 9.70. The molecule has 7 heteroatoms. The maximum Gasteiger partial charge on any atom is 0.410 e. The van der Waals surface area contributed by atoms with Gasteiger partial charge in [-0.2, -0.15) is 0 Å². The molecule has 1 aliphatic rings. The number of amides is 1. The third kappa shape index (κ3) is 5.71. The number of carbonyl (C=O) groups excluding carboxylic acids is 1. The largest absolute Gasteiger partial charge is 0.481 e. The molecular weight excluding hydrogens is 338 g/mol. The van der Waals surface area contributed by atoms with Gasteiger partial charge in [0.15, 0.2) is 8.32 Å². The molecule has 0 spiro atoms. The number of hydrogen-bond donors (Lipinski definition) is 1. The number of carbonyl (C=O) groups is 2. The van der Waals surface area contributed by atoms with E-state index in [4.69, 9.17) is 9.16 Å². The van der Waals surface area contributed by atoms with Crippen molar-refractivity contribution in [2.45, 2.75) is 84.7 Å². The Bertz CT molecular complexity index is 521.